The number of carbonyl (C=O) groups is 2. The predicted octanol–water partition coefficient (Wildman–Crippen LogP) is 4.59. The molecule has 0 radical (unpaired) electrons. The Bertz CT molecular complexity index is 743. The van der Waals surface area contributed by atoms with E-state index >= 15 is 0 Å². The Morgan fingerprint density at radius 1 is 1.18 bits per heavy atom. The van der Waals surface area contributed by atoms with E-state index in [2.05, 4.69) is 26.1 Å². The van der Waals surface area contributed by atoms with Crippen molar-refractivity contribution in [3.8, 4) is 0 Å². The number of hydrogen-bond acceptors (Lipinski definition) is 3. The second kappa shape index (κ2) is 7.12. The van der Waals surface area contributed by atoms with Gasteiger partial charge in [0, 0.05) is 40.8 Å². The summed E-state index contributed by atoms with van der Waals surface area (Å²) in [6, 6.07) is 2.04. The Labute approximate surface area is 179 Å². The van der Waals surface area contributed by atoms with Gasteiger partial charge in [-0.1, -0.05) is 15.9 Å². The topological polar surface area (TPSA) is 49.4 Å². The molecule has 1 aromatic heterocycles. The molecule has 2 unspecified atom stereocenters. The number of nitrogens with one attached hydrogen (secondary N) is 1. The molecule has 28 heavy (non-hydrogen) atoms. The molecular weight excluding hydrogens is 436 g/mol. The van der Waals surface area contributed by atoms with Gasteiger partial charge in [-0.2, -0.15) is 11.3 Å². The van der Waals surface area contributed by atoms with Crippen molar-refractivity contribution in [2.24, 2.45) is 17.3 Å². The molecule has 6 rings (SSSR count). The highest BCUT2D eigenvalue weighted by atomic mass is 79.9. The number of thiophene rings is 1. The minimum absolute atomic E-state index is 0.0159. The monoisotopic (exact) mass is 464 g/mol. The zero-order valence-electron chi connectivity index (χ0n) is 16.3. The first-order valence-corrected chi connectivity index (χ1v) is 12.5. The van der Waals surface area contributed by atoms with Crippen LogP contribution in [0.3, 0.4) is 0 Å². The molecule has 0 aromatic carbocycles. The highest BCUT2D eigenvalue weighted by Gasteiger charge is 2.57. The maximum atomic E-state index is 13.1. The highest BCUT2D eigenvalue weighted by Crippen LogP contribution is 2.65. The molecule has 4 bridgehead atoms. The molecule has 0 spiro atoms. The van der Waals surface area contributed by atoms with Gasteiger partial charge in [-0.15, -0.1) is 0 Å². The van der Waals surface area contributed by atoms with Gasteiger partial charge in [-0.25, -0.2) is 0 Å². The average molecular weight is 465 g/mol. The van der Waals surface area contributed by atoms with E-state index in [0.717, 1.165) is 49.8 Å². The summed E-state index contributed by atoms with van der Waals surface area (Å²) in [7, 11) is 0. The lowest BCUT2D eigenvalue weighted by molar-refractivity contribution is -0.139. The summed E-state index contributed by atoms with van der Waals surface area (Å²) in [6.07, 6.45) is 10.2. The lowest BCUT2D eigenvalue weighted by Crippen LogP contribution is -2.54. The van der Waals surface area contributed by atoms with Crippen LogP contribution in [0.5, 0.6) is 0 Å². The van der Waals surface area contributed by atoms with E-state index in [1.165, 1.54) is 38.5 Å². The van der Waals surface area contributed by atoms with Crippen molar-refractivity contribution in [1.82, 2.24) is 10.2 Å². The predicted molar refractivity (Wildman–Crippen MR) is 115 cm³/mol. The summed E-state index contributed by atoms with van der Waals surface area (Å²) < 4.78 is 0.316. The zero-order valence-corrected chi connectivity index (χ0v) is 18.7. The Morgan fingerprint density at radius 3 is 2.50 bits per heavy atom. The lowest BCUT2D eigenvalue weighted by Gasteiger charge is -2.60. The third-order valence-corrected chi connectivity index (χ3v) is 9.21. The third kappa shape index (κ3) is 3.67. The van der Waals surface area contributed by atoms with Gasteiger partial charge in [0.15, 0.2) is 0 Å². The molecule has 5 aliphatic rings. The molecule has 1 aliphatic heterocycles. The van der Waals surface area contributed by atoms with Crippen molar-refractivity contribution in [2.75, 3.05) is 13.1 Å². The number of amides is 2. The van der Waals surface area contributed by atoms with Gasteiger partial charge in [0.2, 0.25) is 5.91 Å². The van der Waals surface area contributed by atoms with Crippen LogP contribution >= 0.6 is 27.3 Å². The Kier molecular flexibility index (Phi) is 4.86. The molecule has 6 heteroatoms. The largest absolute Gasteiger partial charge is 0.349 e. The molecule has 2 amide bonds. The maximum Gasteiger partial charge on any atom is 0.252 e. The number of carbonyl (C=O) groups excluding carboxylic acids is 2. The first-order valence-electron chi connectivity index (χ1n) is 10.7. The standard InChI is InChI=1S/C22H29BrN2O2S/c23-22-10-15-7-16(11-22)9-21(8-15,14-22)12-19(26)25-4-1-18(2-5-25)24-20(27)17-3-6-28-13-17/h3,6,13,15-16,18H,1-2,4-5,7-12,14H2,(H,24,27). The van der Waals surface area contributed by atoms with Crippen LogP contribution < -0.4 is 5.32 Å². The van der Waals surface area contributed by atoms with E-state index in [1.54, 1.807) is 11.3 Å². The fraction of sp³-hybridized carbons (Fsp3) is 0.727. The molecule has 2 atom stereocenters. The van der Waals surface area contributed by atoms with Crippen molar-refractivity contribution in [3.05, 3.63) is 22.4 Å². The molecule has 152 valence electrons. The first-order chi connectivity index (χ1) is 13.4. The van der Waals surface area contributed by atoms with Crippen molar-refractivity contribution in [2.45, 2.75) is 68.2 Å². The summed E-state index contributed by atoms with van der Waals surface area (Å²) >= 11 is 5.60. The quantitative estimate of drug-likeness (QED) is 0.662. The zero-order chi connectivity index (χ0) is 19.4. The van der Waals surface area contributed by atoms with Gasteiger partial charge in [-0.3, -0.25) is 9.59 Å². The summed E-state index contributed by atoms with van der Waals surface area (Å²) in [5.41, 5.74) is 0.989. The van der Waals surface area contributed by atoms with Crippen molar-refractivity contribution < 1.29 is 9.59 Å². The van der Waals surface area contributed by atoms with E-state index in [9.17, 15) is 9.59 Å². The smallest absolute Gasteiger partial charge is 0.252 e. The normalized spacial score (nSPS) is 37.2. The molecule has 1 saturated heterocycles. The van der Waals surface area contributed by atoms with Crippen LogP contribution in [0.1, 0.15) is 68.1 Å². The second-order valence-electron chi connectivity index (χ2n) is 9.93. The first kappa shape index (κ1) is 19.1. The van der Waals surface area contributed by atoms with Crippen molar-refractivity contribution in [1.29, 1.82) is 0 Å². The number of likely N-dealkylation sites (tertiary alicyclic amines) is 1. The average Bonchev–Trinajstić information content (AvgIpc) is 3.14. The van der Waals surface area contributed by atoms with E-state index in [-0.39, 0.29) is 17.4 Å². The van der Waals surface area contributed by atoms with E-state index in [0.29, 0.717) is 10.2 Å². The van der Waals surface area contributed by atoms with Crippen molar-refractivity contribution >= 4 is 39.1 Å². The number of hydrogen-bond donors (Lipinski definition) is 1. The fourth-order valence-corrected chi connectivity index (χ4v) is 9.06. The van der Waals surface area contributed by atoms with Gasteiger partial charge in [0.05, 0.1) is 0 Å². The molecule has 4 saturated carbocycles. The van der Waals surface area contributed by atoms with Gasteiger partial charge < -0.3 is 10.2 Å². The van der Waals surface area contributed by atoms with E-state index in [1.807, 2.05) is 16.8 Å². The number of piperidine rings is 1. The molecule has 5 fully saturated rings. The van der Waals surface area contributed by atoms with Gasteiger partial charge in [0.25, 0.3) is 5.91 Å². The molecular formula is C22H29BrN2O2S. The molecule has 4 nitrogen and oxygen atoms in total. The Balaban J connectivity index is 1.15. The summed E-state index contributed by atoms with van der Waals surface area (Å²) in [5, 5.41) is 6.95. The molecule has 4 aliphatic carbocycles. The molecule has 1 aromatic rings. The Hall–Kier alpha value is -0.880. The summed E-state index contributed by atoms with van der Waals surface area (Å²) in [5.74, 6) is 2.01. The number of halogens is 1. The number of alkyl halides is 1. The van der Waals surface area contributed by atoms with Crippen LogP contribution in [0.2, 0.25) is 0 Å². The Morgan fingerprint density at radius 2 is 1.89 bits per heavy atom. The van der Waals surface area contributed by atoms with Gasteiger partial charge in [-0.05, 0) is 80.1 Å². The molecule has 2 heterocycles. The van der Waals surface area contributed by atoms with Gasteiger partial charge >= 0.3 is 0 Å². The minimum Gasteiger partial charge on any atom is -0.349 e. The number of rotatable bonds is 4. The van der Waals surface area contributed by atoms with Crippen LogP contribution in [-0.2, 0) is 4.79 Å². The number of nitrogens with zero attached hydrogens (tertiary/aromatic N) is 1. The maximum absolute atomic E-state index is 13.1. The molecule has 1 N–H and O–H groups in total. The third-order valence-electron chi connectivity index (χ3n) is 7.60. The van der Waals surface area contributed by atoms with E-state index in [4.69, 9.17) is 0 Å². The fourth-order valence-electron chi connectivity index (χ4n) is 6.91. The van der Waals surface area contributed by atoms with Crippen LogP contribution in [-0.4, -0.2) is 40.2 Å². The second-order valence-corrected chi connectivity index (χ2v) is 12.4. The van der Waals surface area contributed by atoms with Gasteiger partial charge in [0.1, 0.15) is 0 Å². The van der Waals surface area contributed by atoms with Crippen LogP contribution in [0.15, 0.2) is 16.8 Å². The summed E-state index contributed by atoms with van der Waals surface area (Å²) in [4.78, 5) is 27.4. The van der Waals surface area contributed by atoms with Crippen LogP contribution in [0, 0.1) is 17.3 Å². The minimum atomic E-state index is 0.0159. The lowest BCUT2D eigenvalue weighted by atomic mass is 9.48. The highest BCUT2D eigenvalue weighted by molar-refractivity contribution is 9.10. The SMILES string of the molecule is O=C(NC1CCN(C(=O)CC23CC4CC(CC(Br)(C4)C2)C3)CC1)c1ccsc1. The summed E-state index contributed by atoms with van der Waals surface area (Å²) in [6.45, 7) is 1.55. The van der Waals surface area contributed by atoms with Crippen molar-refractivity contribution in [3.63, 3.8) is 0 Å². The van der Waals surface area contributed by atoms with E-state index < -0.39 is 0 Å². The van der Waals surface area contributed by atoms with Crippen LogP contribution in [0.4, 0.5) is 0 Å². The van der Waals surface area contributed by atoms with Crippen LogP contribution in [0.25, 0.3) is 0 Å².